The summed E-state index contributed by atoms with van der Waals surface area (Å²) < 4.78 is 0. The van der Waals surface area contributed by atoms with Gasteiger partial charge in [-0.05, 0) is 24.6 Å². The van der Waals surface area contributed by atoms with Gasteiger partial charge in [-0.15, -0.1) is 0 Å². The Kier molecular flexibility index (Phi) is 5.09. The van der Waals surface area contributed by atoms with Crippen LogP contribution in [-0.2, 0) is 4.79 Å². The van der Waals surface area contributed by atoms with E-state index in [1.54, 1.807) is 26.2 Å². The number of amides is 1. The van der Waals surface area contributed by atoms with Crippen LogP contribution in [0, 0.1) is 5.92 Å². The average molecular weight is 251 g/mol. The van der Waals surface area contributed by atoms with Crippen LogP contribution in [0.2, 0.25) is 0 Å². The number of hydrogen-bond acceptors (Lipinski definition) is 4. The second-order valence-corrected chi connectivity index (χ2v) is 4.52. The molecule has 0 fully saturated rings. The van der Waals surface area contributed by atoms with Gasteiger partial charge in [-0.1, -0.05) is 6.92 Å². The van der Waals surface area contributed by atoms with Crippen molar-refractivity contribution in [1.82, 2.24) is 10.3 Å². The molecule has 1 aromatic heterocycles. The first kappa shape index (κ1) is 14.4. The fourth-order valence-electron chi connectivity index (χ4n) is 1.74. The quantitative estimate of drug-likeness (QED) is 0.818. The molecule has 1 amide bonds. The molecular formula is C13H21N3O2. The molecule has 1 aromatic rings. The van der Waals surface area contributed by atoms with Crippen molar-refractivity contribution >= 4 is 11.7 Å². The molecule has 0 saturated heterocycles. The highest BCUT2D eigenvalue weighted by Gasteiger charge is 2.15. The van der Waals surface area contributed by atoms with Crippen LogP contribution in [0.4, 0.5) is 5.82 Å². The van der Waals surface area contributed by atoms with Crippen molar-refractivity contribution < 1.29 is 9.90 Å². The summed E-state index contributed by atoms with van der Waals surface area (Å²) in [5.41, 5.74) is 0.819. The van der Waals surface area contributed by atoms with Gasteiger partial charge in [0.15, 0.2) is 0 Å². The summed E-state index contributed by atoms with van der Waals surface area (Å²) in [7, 11) is 3.51. The van der Waals surface area contributed by atoms with Gasteiger partial charge >= 0.3 is 0 Å². The summed E-state index contributed by atoms with van der Waals surface area (Å²) in [6.07, 6.45) is 1.15. The number of nitrogens with one attached hydrogen (secondary N) is 1. The first-order valence-electron chi connectivity index (χ1n) is 6.02. The highest BCUT2D eigenvalue weighted by molar-refractivity contribution is 5.78. The molecule has 1 unspecified atom stereocenters. The maximum atomic E-state index is 11.5. The van der Waals surface area contributed by atoms with E-state index >= 15 is 0 Å². The Morgan fingerprint density at radius 1 is 1.56 bits per heavy atom. The van der Waals surface area contributed by atoms with E-state index < -0.39 is 6.10 Å². The Labute approximate surface area is 108 Å². The second-order valence-electron chi connectivity index (χ2n) is 4.52. The van der Waals surface area contributed by atoms with Crippen LogP contribution in [0.3, 0.4) is 0 Å². The van der Waals surface area contributed by atoms with Crippen molar-refractivity contribution in [1.29, 1.82) is 0 Å². The van der Waals surface area contributed by atoms with Crippen molar-refractivity contribution in [2.45, 2.75) is 20.0 Å². The molecule has 0 aliphatic rings. The highest BCUT2D eigenvalue weighted by Crippen LogP contribution is 2.17. The third kappa shape index (κ3) is 3.70. The number of pyridine rings is 1. The van der Waals surface area contributed by atoms with Crippen molar-refractivity contribution in [2.24, 2.45) is 5.92 Å². The largest absolute Gasteiger partial charge is 0.389 e. The molecular weight excluding hydrogens is 230 g/mol. The van der Waals surface area contributed by atoms with E-state index in [9.17, 15) is 9.90 Å². The number of hydrogen-bond donors (Lipinski definition) is 2. The van der Waals surface area contributed by atoms with Crippen molar-refractivity contribution in [3.63, 3.8) is 0 Å². The van der Waals surface area contributed by atoms with Gasteiger partial charge in [-0.2, -0.15) is 0 Å². The zero-order valence-corrected chi connectivity index (χ0v) is 11.3. The summed E-state index contributed by atoms with van der Waals surface area (Å²) in [4.78, 5) is 17.6. The molecule has 100 valence electrons. The third-order valence-electron chi connectivity index (χ3n) is 2.88. The number of aliphatic hydroxyl groups is 1. The summed E-state index contributed by atoms with van der Waals surface area (Å²) in [5, 5.41) is 12.2. The van der Waals surface area contributed by atoms with E-state index in [-0.39, 0.29) is 11.8 Å². The fraction of sp³-hybridized carbons (Fsp3) is 0.538. The van der Waals surface area contributed by atoms with Gasteiger partial charge in [-0.3, -0.25) is 4.79 Å². The van der Waals surface area contributed by atoms with E-state index in [4.69, 9.17) is 0 Å². The minimum absolute atomic E-state index is 0.00790. The van der Waals surface area contributed by atoms with E-state index in [0.717, 1.165) is 11.4 Å². The van der Waals surface area contributed by atoms with Gasteiger partial charge in [0.25, 0.3) is 0 Å². The number of carbonyl (C=O) groups is 1. The van der Waals surface area contributed by atoms with E-state index in [0.29, 0.717) is 6.54 Å². The molecule has 0 aliphatic carbocycles. The molecule has 18 heavy (non-hydrogen) atoms. The first-order chi connectivity index (χ1) is 8.45. The molecule has 0 spiro atoms. The van der Waals surface area contributed by atoms with Crippen molar-refractivity contribution in [2.75, 3.05) is 25.5 Å². The molecule has 2 atom stereocenters. The summed E-state index contributed by atoms with van der Waals surface area (Å²) in [5.74, 6) is 0.648. The predicted octanol–water partition coefficient (Wildman–Crippen LogP) is 0.953. The Morgan fingerprint density at radius 2 is 2.22 bits per heavy atom. The van der Waals surface area contributed by atoms with Gasteiger partial charge < -0.3 is 15.3 Å². The molecule has 1 rings (SSSR count). The summed E-state index contributed by atoms with van der Waals surface area (Å²) in [6.45, 7) is 4.16. The second kappa shape index (κ2) is 6.35. The van der Waals surface area contributed by atoms with Crippen molar-refractivity contribution in [3.8, 4) is 0 Å². The molecule has 5 nitrogen and oxygen atoms in total. The van der Waals surface area contributed by atoms with E-state index in [1.165, 1.54) is 0 Å². The number of aromatic nitrogens is 1. The van der Waals surface area contributed by atoms with Crippen LogP contribution < -0.4 is 10.2 Å². The van der Waals surface area contributed by atoms with Gasteiger partial charge in [0, 0.05) is 26.8 Å². The Balaban J connectivity index is 2.75. The molecule has 0 saturated carbocycles. The number of anilines is 1. The smallest absolute Gasteiger partial charge is 0.224 e. The lowest BCUT2D eigenvalue weighted by molar-refractivity contribution is -0.123. The zero-order valence-electron chi connectivity index (χ0n) is 11.3. The third-order valence-corrected chi connectivity index (χ3v) is 2.88. The van der Waals surface area contributed by atoms with Crippen LogP contribution in [0.15, 0.2) is 18.3 Å². The highest BCUT2D eigenvalue weighted by atomic mass is 16.3. The van der Waals surface area contributed by atoms with Gasteiger partial charge in [0.05, 0.1) is 12.0 Å². The monoisotopic (exact) mass is 251 g/mol. The molecule has 0 aliphatic heterocycles. The molecule has 5 heteroatoms. The van der Waals surface area contributed by atoms with Gasteiger partial charge in [0.1, 0.15) is 5.82 Å². The fourth-order valence-corrected chi connectivity index (χ4v) is 1.74. The molecule has 0 aromatic carbocycles. The van der Waals surface area contributed by atoms with Gasteiger partial charge in [0.2, 0.25) is 5.91 Å². The Morgan fingerprint density at radius 3 is 2.78 bits per heavy atom. The average Bonchev–Trinajstić information content (AvgIpc) is 2.37. The predicted molar refractivity (Wildman–Crippen MR) is 71.4 cm³/mol. The lowest BCUT2D eigenvalue weighted by atomic mass is 10.1. The summed E-state index contributed by atoms with van der Waals surface area (Å²) in [6, 6.07) is 3.62. The molecule has 1 heterocycles. The molecule has 0 bridgehead atoms. The van der Waals surface area contributed by atoms with Crippen LogP contribution >= 0.6 is 0 Å². The Bertz CT molecular complexity index is 407. The lowest BCUT2D eigenvalue weighted by Gasteiger charge is -2.22. The maximum absolute atomic E-state index is 11.5. The molecule has 0 radical (unpaired) electrons. The number of nitrogens with zero attached hydrogens (tertiary/aromatic N) is 2. The Hall–Kier alpha value is -1.62. The summed E-state index contributed by atoms with van der Waals surface area (Å²) >= 11 is 0. The van der Waals surface area contributed by atoms with E-state index in [1.807, 2.05) is 24.9 Å². The van der Waals surface area contributed by atoms with Crippen LogP contribution in [0.25, 0.3) is 0 Å². The van der Waals surface area contributed by atoms with Crippen molar-refractivity contribution in [3.05, 3.63) is 23.9 Å². The SMILES string of the molecule is CNC(=O)C(C)CN(C)c1cc([C@@H](C)O)ccn1. The number of aliphatic hydroxyl groups excluding tert-OH is 1. The van der Waals surface area contributed by atoms with Crippen LogP contribution in [0.1, 0.15) is 25.5 Å². The topological polar surface area (TPSA) is 65.5 Å². The van der Waals surface area contributed by atoms with E-state index in [2.05, 4.69) is 10.3 Å². The maximum Gasteiger partial charge on any atom is 0.224 e. The van der Waals surface area contributed by atoms with Crippen LogP contribution in [0.5, 0.6) is 0 Å². The minimum atomic E-state index is -0.517. The first-order valence-corrected chi connectivity index (χ1v) is 6.02. The van der Waals surface area contributed by atoms with Gasteiger partial charge in [-0.25, -0.2) is 4.98 Å². The minimum Gasteiger partial charge on any atom is -0.389 e. The van der Waals surface area contributed by atoms with Crippen LogP contribution in [-0.4, -0.2) is 36.6 Å². The lowest BCUT2D eigenvalue weighted by Crippen LogP contribution is -2.34. The number of rotatable bonds is 5. The zero-order chi connectivity index (χ0) is 13.7. The molecule has 2 N–H and O–H groups in total. The number of carbonyl (C=O) groups excluding carboxylic acids is 1. The standard InChI is InChI=1S/C13H21N3O2/c1-9(13(18)14-3)8-16(4)12-7-11(10(2)17)5-6-15-12/h5-7,9-10,17H,8H2,1-4H3,(H,14,18)/t9?,10-/m1/s1. The normalized spacial score (nSPS) is 13.8.